The van der Waals surface area contributed by atoms with Gasteiger partial charge in [0, 0.05) is 19.6 Å². The molecule has 42 heavy (non-hydrogen) atoms. The lowest BCUT2D eigenvalue weighted by atomic mass is 9.84. The van der Waals surface area contributed by atoms with Crippen LogP contribution in [0.1, 0.15) is 85.2 Å². The van der Waals surface area contributed by atoms with E-state index in [-0.39, 0.29) is 10.1 Å². The first-order valence-electron chi connectivity index (χ1n) is 16.0. The number of hydrogen-bond acceptors (Lipinski definition) is 3. The van der Waals surface area contributed by atoms with E-state index in [1.165, 1.54) is 28.8 Å². The van der Waals surface area contributed by atoms with Gasteiger partial charge in [0.05, 0.1) is 0 Å². The first kappa shape index (κ1) is 32.7. The fourth-order valence-electron chi connectivity index (χ4n) is 6.12. The molecule has 1 aliphatic rings. The van der Waals surface area contributed by atoms with Gasteiger partial charge in [0.15, 0.2) is 8.32 Å². The number of allylic oxidation sites excluding steroid dienone is 2. The fourth-order valence-corrected chi connectivity index (χ4v) is 11.8. The molecular formula is C37H54O3Si2. The number of hydrogen-bond donors (Lipinski definition) is 0. The van der Waals surface area contributed by atoms with E-state index >= 15 is 0 Å². The van der Waals surface area contributed by atoms with Crippen molar-refractivity contribution in [3.05, 3.63) is 90.4 Å². The predicted molar refractivity (Wildman–Crippen MR) is 184 cm³/mol. The minimum absolute atomic E-state index is 0.00960. The van der Waals surface area contributed by atoms with E-state index in [1.807, 2.05) is 0 Å². The van der Waals surface area contributed by atoms with Crippen molar-refractivity contribution in [2.24, 2.45) is 5.92 Å². The summed E-state index contributed by atoms with van der Waals surface area (Å²) in [6.45, 7) is 20.2. The van der Waals surface area contributed by atoms with E-state index in [0.29, 0.717) is 12.5 Å². The van der Waals surface area contributed by atoms with Gasteiger partial charge in [-0.15, -0.1) is 0 Å². The third-order valence-corrected chi connectivity index (χ3v) is 19.1. The summed E-state index contributed by atoms with van der Waals surface area (Å²) in [5.41, 5.74) is 1.38. The molecule has 1 heterocycles. The van der Waals surface area contributed by atoms with Gasteiger partial charge in [0.1, 0.15) is 11.5 Å². The Balaban J connectivity index is 1.41. The lowest BCUT2D eigenvalue weighted by Gasteiger charge is -2.43. The van der Waals surface area contributed by atoms with Crippen LogP contribution in [0.2, 0.25) is 23.2 Å². The van der Waals surface area contributed by atoms with Gasteiger partial charge in [-0.1, -0.05) is 108 Å². The summed E-state index contributed by atoms with van der Waals surface area (Å²) in [4.78, 5) is 0. The Morgan fingerprint density at radius 2 is 1.38 bits per heavy atom. The summed E-state index contributed by atoms with van der Waals surface area (Å²) in [6.07, 6.45) is 8.90. The second-order valence-corrected chi connectivity index (χ2v) is 23.7. The average molecular weight is 603 g/mol. The lowest BCUT2D eigenvalue weighted by molar-refractivity contribution is 0.262. The molecule has 0 saturated carbocycles. The van der Waals surface area contributed by atoms with E-state index in [1.54, 1.807) is 0 Å². The zero-order valence-corrected chi connectivity index (χ0v) is 29.5. The van der Waals surface area contributed by atoms with Crippen LogP contribution >= 0.6 is 0 Å². The Morgan fingerprint density at radius 1 is 0.762 bits per heavy atom. The molecule has 0 spiro atoms. The Kier molecular flexibility index (Phi) is 10.6. The predicted octanol–water partition coefficient (Wildman–Crippen LogP) is 9.38. The molecule has 1 atom stereocenters. The molecule has 0 fully saturated rings. The third kappa shape index (κ3) is 7.47. The second kappa shape index (κ2) is 13.6. The standard InChI is InChI=1S/C37H54O3Si2/c1-36(2,3)41(7,8)38-29-27-30-18-15-16-24-34(30)35-26-25-31(40-35)19-17-28-39-42(37(4,5)6,32-20-11-9-12-21-32)33-22-13-10-14-23-33/h9-14,20-26,30H,15-19,27-29H2,1-8H3. The highest BCUT2D eigenvalue weighted by Gasteiger charge is 2.50. The molecule has 2 aromatic carbocycles. The Morgan fingerprint density at radius 3 is 1.95 bits per heavy atom. The van der Waals surface area contributed by atoms with Crippen LogP contribution in [-0.2, 0) is 15.3 Å². The molecule has 0 bridgehead atoms. The molecule has 0 aliphatic heterocycles. The zero-order chi connectivity index (χ0) is 30.4. The highest BCUT2D eigenvalue weighted by atomic mass is 28.4. The molecule has 0 radical (unpaired) electrons. The lowest BCUT2D eigenvalue weighted by Crippen LogP contribution is -2.66. The molecule has 0 saturated heterocycles. The van der Waals surface area contributed by atoms with Crippen LogP contribution in [0.3, 0.4) is 0 Å². The van der Waals surface area contributed by atoms with Crippen molar-refractivity contribution in [1.29, 1.82) is 0 Å². The van der Waals surface area contributed by atoms with Crippen molar-refractivity contribution in [3.63, 3.8) is 0 Å². The molecule has 1 aliphatic carbocycles. The third-order valence-electron chi connectivity index (χ3n) is 9.55. The highest BCUT2D eigenvalue weighted by Crippen LogP contribution is 2.40. The highest BCUT2D eigenvalue weighted by molar-refractivity contribution is 6.99. The number of furan rings is 1. The maximum atomic E-state index is 7.10. The quantitative estimate of drug-likeness (QED) is 0.153. The smallest absolute Gasteiger partial charge is 0.261 e. The summed E-state index contributed by atoms with van der Waals surface area (Å²) in [6, 6.07) is 26.2. The molecule has 3 nitrogen and oxygen atoms in total. The average Bonchev–Trinajstić information content (AvgIpc) is 3.42. The molecule has 4 rings (SSSR count). The van der Waals surface area contributed by atoms with Gasteiger partial charge in [-0.2, -0.15) is 0 Å². The summed E-state index contributed by atoms with van der Waals surface area (Å²) in [5.74, 6) is 2.62. The van der Waals surface area contributed by atoms with E-state index in [4.69, 9.17) is 13.3 Å². The molecule has 5 heteroatoms. The van der Waals surface area contributed by atoms with Crippen molar-refractivity contribution in [3.8, 4) is 0 Å². The van der Waals surface area contributed by atoms with Crippen LogP contribution in [-0.4, -0.2) is 29.8 Å². The van der Waals surface area contributed by atoms with Crippen molar-refractivity contribution in [2.45, 2.75) is 103 Å². The van der Waals surface area contributed by atoms with Crippen molar-refractivity contribution >= 4 is 32.6 Å². The van der Waals surface area contributed by atoms with Crippen molar-refractivity contribution in [1.82, 2.24) is 0 Å². The van der Waals surface area contributed by atoms with Gasteiger partial charge in [0.2, 0.25) is 0 Å². The molecule has 0 N–H and O–H groups in total. The zero-order valence-electron chi connectivity index (χ0n) is 27.5. The van der Waals surface area contributed by atoms with E-state index < -0.39 is 16.6 Å². The normalized spacial score (nSPS) is 16.9. The van der Waals surface area contributed by atoms with Crippen LogP contribution in [0, 0.1) is 5.92 Å². The molecular weight excluding hydrogens is 549 g/mol. The second-order valence-electron chi connectivity index (χ2n) is 14.6. The van der Waals surface area contributed by atoms with Crippen LogP contribution < -0.4 is 10.4 Å². The van der Waals surface area contributed by atoms with E-state index in [9.17, 15) is 0 Å². The van der Waals surface area contributed by atoms with Crippen molar-refractivity contribution in [2.75, 3.05) is 13.2 Å². The summed E-state index contributed by atoms with van der Waals surface area (Å²) in [5, 5.41) is 2.90. The topological polar surface area (TPSA) is 31.6 Å². The SMILES string of the molecule is CC(C)(C)[Si](C)(C)OCCC1CCCC=C1c1ccc(CCCO[Si](c2ccccc2)(c2ccccc2)C(C)(C)C)o1. The Bertz CT molecular complexity index is 1240. The minimum atomic E-state index is -2.51. The number of rotatable bonds is 12. The summed E-state index contributed by atoms with van der Waals surface area (Å²) >= 11 is 0. The number of benzene rings is 2. The largest absolute Gasteiger partial charge is 0.461 e. The van der Waals surface area contributed by atoms with Crippen LogP contribution in [0.4, 0.5) is 0 Å². The Labute approximate surface area is 258 Å². The summed E-state index contributed by atoms with van der Waals surface area (Å²) in [7, 11) is -4.23. The molecule has 228 valence electrons. The van der Waals surface area contributed by atoms with Gasteiger partial charge in [-0.3, -0.25) is 0 Å². The van der Waals surface area contributed by atoms with Gasteiger partial charge < -0.3 is 13.3 Å². The maximum Gasteiger partial charge on any atom is 0.261 e. The monoisotopic (exact) mass is 602 g/mol. The first-order valence-corrected chi connectivity index (χ1v) is 20.8. The fraction of sp³-hybridized carbons (Fsp3) is 0.514. The molecule has 1 aromatic heterocycles. The van der Waals surface area contributed by atoms with Gasteiger partial charge in [-0.25, -0.2) is 0 Å². The minimum Gasteiger partial charge on any atom is -0.461 e. The van der Waals surface area contributed by atoms with Gasteiger partial charge in [0.25, 0.3) is 8.32 Å². The van der Waals surface area contributed by atoms with Gasteiger partial charge in [-0.05, 0) is 89.3 Å². The first-order chi connectivity index (χ1) is 19.9. The summed E-state index contributed by atoms with van der Waals surface area (Å²) < 4.78 is 20.1. The van der Waals surface area contributed by atoms with E-state index in [0.717, 1.165) is 43.8 Å². The van der Waals surface area contributed by atoms with Crippen LogP contribution in [0.25, 0.3) is 5.57 Å². The molecule has 0 amide bonds. The van der Waals surface area contributed by atoms with Gasteiger partial charge >= 0.3 is 0 Å². The maximum absolute atomic E-state index is 7.10. The van der Waals surface area contributed by atoms with Crippen molar-refractivity contribution < 1.29 is 13.3 Å². The van der Waals surface area contributed by atoms with Crippen LogP contribution in [0.15, 0.2) is 83.3 Å². The molecule has 3 aromatic rings. The van der Waals surface area contributed by atoms with Crippen LogP contribution in [0.5, 0.6) is 0 Å². The van der Waals surface area contributed by atoms with E-state index in [2.05, 4.69) is 134 Å². The molecule has 1 unspecified atom stereocenters. The Hall–Kier alpha value is -2.19. The number of aryl methyl sites for hydroxylation is 1.